The highest BCUT2D eigenvalue weighted by molar-refractivity contribution is 5.83. The Labute approximate surface area is 103 Å². The standard InChI is InChI=1S/C13H23NO3/c1-4-14(10(2)9-11(15)16)12(17)13(3)7-5-6-8-13/h10H,4-9H2,1-3H3,(H,15,16). The van der Waals surface area contributed by atoms with Crippen molar-refractivity contribution in [3.8, 4) is 0 Å². The fraction of sp³-hybridized carbons (Fsp3) is 0.846. The Morgan fingerprint density at radius 3 is 2.29 bits per heavy atom. The summed E-state index contributed by atoms with van der Waals surface area (Å²) in [5.74, 6) is -0.716. The molecule has 1 aliphatic rings. The van der Waals surface area contributed by atoms with Gasteiger partial charge in [-0.15, -0.1) is 0 Å². The molecule has 0 saturated heterocycles. The molecular weight excluding hydrogens is 218 g/mol. The van der Waals surface area contributed by atoms with E-state index < -0.39 is 5.97 Å². The maximum Gasteiger partial charge on any atom is 0.305 e. The van der Waals surface area contributed by atoms with Crippen molar-refractivity contribution in [3.63, 3.8) is 0 Å². The molecule has 0 aromatic rings. The number of amides is 1. The summed E-state index contributed by atoms with van der Waals surface area (Å²) in [5, 5.41) is 8.80. The van der Waals surface area contributed by atoms with Gasteiger partial charge in [-0.25, -0.2) is 0 Å². The van der Waals surface area contributed by atoms with Crippen LogP contribution in [0.4, 0.5) is 0 Å². The number of nitrogens with zero attached hydrogens (tertiary/aromatic N) is 1. The zero-order chi connectivity index (χ0) is 13.1. The fourth-order valence-corrected chi connectivity index (χ4v) is 2.73. The van der Waals surface area contributed by atoms with E-state index >= 15 is 0 Å². The predicted molar refractivity (Wildman–Crippen MR) is 65.7 cm³/mol. The number of hydrogen-bond donors (Lipinski definition) is 1. The van der Waals surface area contributed by atoms with E-state index in [0.29, 0.717) is 6.54 Å². The first-order valence-corrected chi connectivity index (χ1v) is 6.43. The normalized spacial score (nSPS) is 19.9. The van der Waals surface area contributed by atoms with Gasteiger partial charge in [0.05, 0.1) is 6.42 Å². The van der Waals surface area contributed by atoms with Crippen molar-refractivity contribution in [2.24, 2.45) is 5.41 Å². The summed E-state index contributed by atoms with van der Waals surface area (Å²) in [4.78, 5) is 24.9. The van der Waals surface area contributed by atoms with Crippen LogP contribution in [0.15, 0.2) is 0 Å². The second-order valence-electron chi connectivity index (χ2n) is 5.31. The van der Waals surface area contributed by atoms with Crippen LogP contribution < -0.4 is 0 Å². The van der Waals surface area contributed by atoms with Crippen molar-refractivity contribution in [2.45, 2.75) is 58.9 Å². The van der Waals surface area contributed by atoms with Crippen molar-refractivity contribution < 1.29 is 14.7 Å². The van der Waals surface area contributed by atoms with E-state index in [4.69, 9.17) is 5.11 Å². The lowest BCUT2D eigenvalue weighted by Crippen LogP contribution is -2.46. The average molecular weight is 241 g/mol. The van der Waals surface area contributed by atoms with E-state index in [-0.39, 0.29) is 23.8 Å². The lowest BCUT2D eigenvalue weighted by molar-refractivity contribution is -0.145. The molecule has 1 rings (SSSR count). The van der Waals surface area contributed by atoms with E-state index in [1.54, 1.807) is 4.90 Å². The number of hydrogen-bond acceptors (Lipinski definition) is 2. The van der Waals surface area contributed by atoms with E-state index in [0.717, 1.165) is 25.7 Å². The monoisotopic (exact) mass is 241 g/mol. The Bertz CT molecular complexity index is 295. The first-order valence-electron chi connectivity index (χ1n) is 6.43. The topological polar surface area (TPSA) is 57.6 Å². The minimum absolute atomic E-state index is 0.0235. The first-order chi connectivity index (χ1) is 7.90. The van der Waals surface area contributed by atoms with Crippen LogP contribution in [0, 0.1) is 5.41 Å². The van der Waals surface area contributed by atoms with Crippen LogP contribution in [0.25, 0.3) is 0 Å². The van der Waals surface area contributed by atoms with Gasteiger partial charge in [0.25, 0.3) is 0 Å². The molecule has 0 bridgehead atoms. The van der Waals surface area contributed by atoms with Crippen molar-refractivity contribution in [2.75, 3.05) is 6.54 Å². The van der Waals surface area contributed by atoms with Gasteiger partial charge in [-0.3, -0.25) is 9.59 Å². The van der Waals surface area contributed by atoms with Crippen LogP contribution in [0.1, 0.15) is 52.9 Å². The van der Waals surface area contributed by atoms with Gasteiger partial charge in [0.15, 0.2) is 0 Å². The van der Waals surface area contributed by atoms with Crippen LogP contribution in [-0.2, 0) is 9.59 Å². The summed E-state index contributed by atoms with van der Waals surface area (Å²) in [6, 6.07) is -0.220. The van der Waals surface area contributed by atoms with Crippen molar-refractivity contribution >= 4 is 11.9 Å². The van der Waals surface area contributed by atoms with Crippen molar-refractivity contribution in [1.29, 1.82) is 0 Å². The molecule has 0 heterocycles. The molecule has 0 aromatic carbocycles. The van der Waals surface area contributed by atoms with E-state index in [2.05, 4.69) is 0 Å². The molecule has 1 fully saturated rings. The largest absolute Gasteiger partial charge is 0.481 e. The highest BCUT2D eigenvalue weighted by atomic mass is 16.4. The third kappa shape index (κ3) is 3.20. The summed E-state index contributed by atoms with van der Waals surface area (Å²) in [5.41, 5.74) is -0.261. The van der Waals surface area contributed by atoms with Crippen molar-refractivity contribution in [3.05, 3.63) is 0 Å². The third-order valence-electron chi connectivity index (χ3n) is 3.83. The van der Waals surface area contributed by atoms with Gasteiger partial charge in [0.2, 0.25) is 5.91 Å². The molecule has 4 heteroatoms. The molecule has 0 aromatic heterocycles. The summed E-state index contributed by atoms with van der Waals surface area (Å²) >= 11 is 0. The molecule has 17 heavy (non-hydrogen) atoms. The number of carboxylic acids is 1. The first kappa shape index (κ1) is 14.0. The smallest absolute Gasteiger partial charge is 0.305 e. The highest BCUT2D eigenvalue weighted by Gasteiger charge is 2.40. The number of carbonyl (C=O) groups excluding carboxylic acids is 1. The zero-order valence-corrected chi connectivity index (χ0v) is 11.0. The van der Waals surface area contributed by atoms with Crippen LogP contribution in [-0.4, -0.2) is 34.5 Å². The molecule has 1 unspecified atom stereocenters. The average Bonchev–Trinajstić information content (AvgIpc) is 2.66. The Morgan fingerprint density at radius 1 is 1.35 bits per heavy atom. The van der Waals surface area contributed by atoms with Gasteiger partial charge in [-0.05, 0) is 26.7 Å². The fourth-order valence-electron chi connectivity index (χ4n) is 2.73. The molecule has 1 aliphatic carbocycles. The van der Waals surface area contributed by atoms with E-state index in [9.17, 15) is 9.59 Å². The van der Waals surface area contributed by atoms with Crippen LogP contribution in [0.2, 0.25) is 0 Å². The third-order valence-corrected chi connectivity index (χ3v) is 3.83. The van der Waals surface area contributed by atoms with Crippen LogP contribution >= 0.6 is 0 Å². The summed E-state index contributed by atoms with van der Waals surface area (Å²) in [7, 11) is 0. The van der Waals surface area contributed by atoms with Gasteiger partial charge in [-0.1, -0.05) is 19.8 Å². The molecule has 0 aliphatic heterocycles. The summed E-state index contributed by atoms with van der Waals surface area (Å²) < 4.78 is 0. The second-order valence-corrected chi connectivity index (χ2v) is 5.31. The summed E-state index contributed by atoms with van der Waals surface area (Å²) in [6.45, 7) is 6.32. The van der Waals surface area contributed by atoms with Gasteiger partial charge < -0.3 is 10.0 Å². The molecule has 1 amide bonds. The number of carbonyl (C=O) groups is 2. The number of carboxylic acid groups (broad SMARTS) is 1. The molecule has 1 saturated carbocycles. The molecule has 1 atom stereocenters. The quantitative estimate of drug-likeness (QED) is 0.803. The Kier molecular flexibility index (Phi) is 4.54. The SMILES string of the molecule is CCN(C(=O)C1(C)CCCC1)C(C)CC(=O)O. The molecule has 98 valence electrons. The van der Waals surface area contributed by atoms with Crippen LogP contribution in [0.3, 0.4) is 0 Å². The van der Waals surface area contributed by atoms with Crippen molar-refractivity contribution in [1.82, 2.24) is 4.90 Å². The molecule has 0 spiro atoms. The van der Waals surface area contributed by atoms with E-state index in [1.807, 2.05) is 20.8 Å². The number of rotatable bonds is 5. The maximum absolute atomic E-state index is 12.5. The molecule has 4 nitrogen and oxygen atoms in total. The number of aliphatic carboxylic acids is 1. The molecular formula is C13H23NO3. The minimum atomic E-state index is -0.847. The Morgan fingerprint density at radius 2 is 1.88 bits per heavy atom. The Balaban J connectivity index is 2.72. The van der Waals surface area contributed by atoms with Gasteiger partial charge in [0.1, 0.15) is 0 Å². The lowest BCUT2D eigenvalue weighted by Gasteiger charge is -2.34. The minimum Gasteiger partial charge on any atom is -0.481 e. The van der Waals surface area contributed by atoms with Gasteiger partial charge in [0, 0.05) is 18.0 Å². The molecule has 1 N–H and O–H groups in total. The second kappa shape index (κ2) is 5.52. The van der Waals surface area contributed by atoms with Gasteiger partial charge >= 0.3 is 5.97 Å². The highest BCUT2D eigenvalue weighted by Crippen LogP contribution is 2.39. The zero-order valence-electron chi connectivity index (χ0n) is 11.0. The Hall–Kier alpha value is -1.06. The summed E-state index contributed by atoms with van der Waals surface area (Å²) in [6.07, 6.45) is 4.10. The van der Waals surface area contributed by atoms with Gasteiger partial charge in [-0.2, -0.15) is 0 Å². The van der Waals surface area contributed by atoms with E-state index in [1.165, 1.54) is 0 Å². The predicted octanol–water partition coefficient (Wildman–Crippen LogP) is 2.28. The molecule has 0 radical (unpaired) electrons. The van der Waals surface area contributed by atoms with Crippen LogP contribution in [0.5, 0.6) is 0 Å². The lowest BCUT2D eigenvalue weighted by atomic mass is 9.86. The maximum atomic E-state index is 12.5.